The summed E-state index contributed by atoms with van der Waals surface area (Å²) in [5.41, 5.74) is 4.43. The number of anilines is 1. The van der Waals surface area contributed by atoms with Gasteiger partial charge >= 0.3 is 0 Å². The number of aromatic nitrogens is 3. The normalized spacial score (nSPS) is 13.9. The highest BCUT2D eigenvalue weighted by atomic mass is 16.2. The lowest BCUT2D eigenvalue weighted by Gasteiger charge is -2.15. The molecule has 0 aliphatic carbocycles. The van der Waals surface area contributed by atoms with E-state index in [0.717, 1.165) is 21.6 Å². The van der Waals surface area contributed by atoms with Crippen LogP contribution >= 0.6 is 0 Å². The van der Waals surface area contributed by atoms with E-state index in [2.05, 4.69) is 20.5 Å². The first-order valence-corrected chi connectivity index (χ1v) is 9.80. The number of carbonyl (C=O) groups excluding carboxylic acids is 3. The number of carbonyl (C=O) groups is 3. The molecule has 3 aromatic rings. The predicted molar refractivity (Wildman–Crippen MR) is 115 cm³/mol. The highest BCUT2D eigenvalue weighted by Gasteiger charge is 2.37. The van der Waals surface area contributed by atoms with E-state index in [-0.39, 0.29) is 17.4 Å². The van der Waals surface area contributed by atoms with Crippen molar-refractivity contribution in [3.63, 3.8) is 0 Å². The number of aryl methyl sites for hydroxylation is 2. The predicted octanol–water partition coefficient (Wildman–Crippen LogP) is 3.12. The van der Waals surface area contributed by atoms with Gasteiger partial charge in [0, 0.05) is 25.0 Å². The molecule has 1 aliphatic heterocycles. The number of benzene rings is 1. The second kappa shape index (κ2) is 7.71. The Bertz CT molecular complexity index is 1220. The van der Waals surface area contributed by atoms with Crippen LogP contribution in [0.25, 0.3) is 11.3 Å². The van der Waals surface area contributed by atoms with Crippen molar-refractivity contribution in [3.05, 3.63) is 70.5 Å². The van der Waals surface area contributed by atoms with Crippen LogP contribution in [-0.4, -0.2) is 44.9 Å². The molecular formula is C23H21N5O3. The van der Waals surface area contributed by atoms with Crippen LogP contribution in [0.15, 0.2) is 42.7 Å². The molecule has 3 amide bonds. The van der Waals surface area contributed by atoms with Crippen molar-refractivity contribution in [1.82, 2.24) is 20.1 Å². The zero-order valence-corrected chi connectivity index (χ0v) is 17.6. The zero-order valence-electron chi connectivity index (χ0n) is 17.6. The van der Waals surface area contributed by atoms with Crippen LogP contribution in [-0.2, 0) is 4.79 Å². The number of hydrogen-bond donors (Lipinski definition) is 1. The van der Waals surface area contributed by atoms with Gasteiger partial charge < -0.3 is 5.32 Å². The van der Waals surface area contributed by atoms with Gasteiger partial charge in [-0.05, 0) is 61.7 Å². The molecule has 1 N–H and O–H groups in total. The van der Waals surface area contributed by atoms with Gasteiger partial charge in [-0.15, -0.1) is 10.2 Å². The van der Waals surface area contributed by atoms with Gasteiger partial charge in [0.1, 0.15) is 0 Å². The molecule has 4 rings (SSSR count). The van der Waals surface area contributed by atoms with E-state index in [1.807, 2.05) is 19.9 Å². The number of fused-ring (bicyclic) bond motifs is 1. The molecule has 0 bridgehead atoms. The van der Waals surface area contributed by atoms with Crippen LogP contribution < -0.4 is 5.32 Å². The summed E-state index contributed by atoms with van der Waals surface area (Å²) in [4.78, 5) is 43.0. The van der Waals surface area contributed by atoms with Gasteiger partial charge in [0.05, 0.1) is 22.7 Å². The van der Waals surface area contributed by atoms with Crippen molar-refractivity contribution in [2.24, 2.45) is 0 Å². The maximum absolute atomic E-state index is 12.9. The molecule has 3 heterocycles. The first kappa shape index (κ1) is 20.3. The number of rotatable bonds is 4. The smallest absolute Gasteiger partial charge is 0.261 e. The maximum Gasteiger partial charge on any atom is 0.261 e. The number of nitrogens with one attached hydrogen (secondary N) is 1. The molecule has 0 saturated carbocycles. The Balaban J connectivity index is 1.57. The standard InChI is InChI=1S/C23H21N5O3/c1-12-8-16(20-17(9-12)22(30)28(4)23(20)31)14(3)21(29)25-19-6-5-18(26-27-19)15-7-13(2)10-24-11-15/h5-11,14H,1-4H3,(H,25,27,29). The molecule has 2 aromatic heterocycles. The van der Waals surface area contributed by atoms with E-state index in [4.69, 9.17) is 0 Å². The lowest BCUT2D eigenvalue weighted by Crippen LogP contribution is -2.25. The Morgan fingerprint density at radius 1 is 1.00 bits per heavy atom. The van der Waals surface area contributed by atoms with Crippen molar-refractivity contribution >= 4 is 23.5 Å². The highest BCUT2D eigenvalue weighted by Crippen LogP contribution is 2.31. The summed E-state index contributed by atoms with van der Waals surface area (Å²) >= 11 is 0. The summed E-state index contributed by atoms with van der Waals surface area (Å²) < 4.78 is 0. The number of pyridine rings is 1. The van der Waals surface area contributed by atoms with E-state index < -0.39 is 11.8 Å². The summed E-state index contributed by atoms with van der Waals surface area (Å²) in [6, 6.07) is 8.82. The maximum atomic E-state index is 12.9. The molecule has 1 atom stereocenters. The van der Waals surface area contributed by atoms with E-state index >= 15 is 0 Å². The summed E-state index contributed by atoms with van der Waals surface area (Å²) in [5.74, 6) is -1.47. The van der Waals surface area contributed by atoms with E-state index in [0.29, 0.717) is 22.6 Å². The van der Waals surface area contributed by atoms with Crippen LogP contribution in [0.5, 0.6) is 0 Å². The van der Waals surface area contributed by atoms with Crippen molar-refractivity contribution in [1.29, 1.82) is 0 Å². The van der Waals surface area contributed by atoms with Gasteiger partial charge in [0.25, 0.3) is 11.8 Å². The number of amides is 3. The van der Waals surface area contributed by atoms with Crippen molar-refractivity contribution in [2.45, 2.75) is 26.7 Å². The molecule has 1 aromatic carbocycles. The van der Waals surface area contributed by atoms with Crippen molar-refractivity contribution in [2.75, 3.05) is 12.4 Å². The van der Waals surface area contributed by atoms with Crippen LogP contribution in [0.1, 0.15) is 50.2 Å². The Kier molecular flexibility index (Phi) is 5.06. The molecule has 31 heavy (non-hydrogen) atoms. The molecule has 1 unspecified atom stereocenters. The van der Waals surface area contributed by atoms with Gasteiger partial charge in [-0.3, -0.25) is 24.3 Å². The molecule has 0 saturated heterocycles. The minimum Gasteiger partial charge on any atom is -0.309 e. The Labute approximate surface area is 179 Å². The fourth-order valence-electron chi connectivity index (χ4n) is 3.63. The Morgan fingerprint density at radius 3 is 2.45 bits per heavy atom. The van der Waals surface area contributed by atoms with Crippen molar-refractivity contribution < 1.29 is 14.4 Å². The van der Waals surface area contributed by atoms with Gasteiger partial charge in [0.2, 0.25) is 5.91 Å². The van der Waals surface area contributed by atoms with E-state index in [1.54, 1.807) is 43.6 Å². The first-order chi connectivity index (χ1) is 14.8. The quantitative estimate of drug-likeness (QED) is 0.657. The van der Waals surface area contributed by atoms with Crippen LogP contribution in [0.4, 0.5) is 5.82 Å². The van der Waals surface area contributed by atoms with Crippen LogP contribution in [0, 0.1) is 13.8 Å². The second-order valence-electron chi connectivity index (χ2n) is 7.71. The summed E-state index contributed by atoms with van der Waals surface area (Å²) in [7, 11) is 1.44. The minimum atomic E-state index is -0.667. The van der Waals surface area contributed by atoms with Gasteiger partial charge in [0.15, 0.2) is 5.82 Å². The first-order valence-electron chi connectivity index (χ1n) is 9.80. The minimum absolute atomic E-state index is 0.286. The average molecular weight is 415 g/mol. The average Bonchev–Trinajstić information content (AvgIpc) is 2.97. The van der Waals surface area contributed by atoms with Gasteiger partial charge in [-0.25, -0.2) is 0 Å². The number of nitrogens with zero attached hydrogens (tertiary/aromatic N) is 4. The van der Waals surface area contributed by atoms with Crippen LogP contribution in [0.3, 0.4) is 0 Å². The third-order valence-electron chi connectivity index (χ3n) is 5.31. The Morgan fingerprint density at radius 2 is 1.77 bits per heavy atom. The van der Waals surface area contributed by atoms with Crippen molar-refractivity contribution in [3.8, 4) is 11.3 Å². The SMILES string of the molecule is Cc1cncc(-c2ccc(NC(=O)C(C)c3cc(C)cc4c3C(=O)N(C)C4=O)nn2)c1. The highest BCUT2D eigenvalue weighted by molar-refractivity contribution is 6.22. The molecule has 8 heteroatoms. The lowest BCUT2D eigenvalue weighted by molar-refractivity contribution is -0.117. The number of imide groups is 1. The lowest BCUT2D eigenvalue weighted by atomic mass is 9.90. The van der Waals surface area contributed by atoms with Gasteiger partial charge in [-0.2, -0.15) is 0 Å². The third-order valence-corrected chi connectivity index (χ3v) is 5.31. The molecular weight excluding hydrogens is 394 g/mol. The largest absolute Gasteiger partial charge is 0.309 e. The molecule has 0 spiro atoms. The summed E-state index contributed by atoms with van der Waals surface area (Å²) in [6.07, 6.45) is 3.45. The third kappa shape index (κ3) is 3.68. The summed E-state index contributed by atoms with van der Waals surface area (Å²) in [5, 5.41) is 11.0. The number of hydrogen-bond acceptors (Lipinski definition) is 6. The Hall–Kier alpha value is -3.94. The van der Waals surface area contributed by atoms with E-state index in [9.17, 15) is 14.4 Å². The van der Waals surface area contributed by atoms with E-state index in [1.165, 1.54) is 7.05 Å². The topological polar surface area (TPSA) is 105 Å². The molecule has 0 fully saturated rings. The molecule has 156 valence electrons. The molecule has 8 nitrogen and oxygen atoms in total. The molecule has 0 radical (unpaired) electrons. The molecule has 1 aliphatic rings. The van der Waals surface area contributed by atoms with Gasteiger partial charge in [-0.1, -0.05) is 6.07 Å². The summed E-state index contributed by atoms with van der Waals surface area (Å²) in [6.45, 7) is 5.47. The fraction of sp³-hybridized carbons (Fsp3) is 0.217. The second-order valence-corrected chi connectivity index (χ2v) is 7.71. The fourth-order valence-corrected chi connectivity index (χ4v) is 3.63. The monoisotopic (exact) mass is 415 g/mol. The zero-order chi connectivity index (χ0) is 22.3. The van der Waals surface area contributed by atoms with Crippen LogP contribution in [0.2, 0.25) is 0 Å².